The van der Waals surface area contributed by atoms with Gasteiger partial charge in [0.15, 0.2) is 5.96 Å². The molecule has 0 aliphatic heterocycles. The van der Waals surface area contributed by atoms with Gasteiger partial charge in [-0.1, -0.05) is 30.3 Å². The highest BCUT2D eigenvalue weighted by Gasteiger charge is 2.04. The van der Waals surface area contributed by atoms with Crippen LogP contribution >= 0.6 is 24.0 Å². The van der Waals surface area contributed by atoms with Crippen LogP contribution in [0.15, 0.2) is 35.3 Å². The van der Waals surface area contributed by atoms with E-state index in [4.69, 9.17) is 9.47 Å². The molecule has 1 aromatic carbocycles. The number of guanidine groups is 1. The predicted octanol–water partition coefficient (Wildman–Crippen LogP) is 4.14. The topological polar surface area (TPSA) is 54.9 Å². The maximum Gasteiger partial charge on any atom is 0.191 e. The van der Waals surface area contributed by atoms with Crippen LogP contribution in [0.3, 0.4) is 0 Å². The SMILES string of the molecule is CCNC(=NCCCOC(C)c1ccccc1)NCCCCOCC.I. The Bertz CT molecular complexity index is 458. The van der Waals surface area contributed by atoms with E-state index >= 15 is 0 Å². The molecule has 0 aromatic heterocycles. The van der Waals surface area contributed by atoms with Gasteiger partial charge in [-0.15, -0.1) is 24.0 Å². The van der Waals surface area contributed by atoms with Crippen LogP contribution in [0.5, 0.6) is 0 Å². The van der Waals surface area contributed by atoms with Crippen molar-refractivity contribution in [1.82, 2.24) is 10.6 Å². The van der Waals surface area contributed by atoms with Gasteiger partial charge in [0.2, 0.25) is 0 Å². The van der Waals surface area contributed by atoms with Crippen molar-refractivity contribution >= 4 is 29.9 Å². The molecule has 1 atom stereocenters. The smallest absolute Gasteiger partial charge is 0.191 e. The molecule has 0 spiro atoms. The van der Waals surface area contributed by atoms with Crippen molar-refractivity contribution in [2.75, 3.05) is 39.5 Å². The number of halogens is 1. The van der Waals surface area contributed by atoms with Gasteiger partial charge < -0.3 is 20.1 Å². The quantitative estimate of drug-likeness (QED) is 0.194. The molecule has 0 aliphatic rings. The Morgan fingerprint density at radius 3 is 2.50 bits per heavy atom. The monoisotopic (exact) mass is 477 g/mol. The number of rotatable bonds is 13. The number of nitrogens with one attached hydrogen (secondary N) is 2. The second-order valence-electron chi connectivity index (χ2n) is 5.87. The van der Waals surface area contributed by atoms with E-state index in [9.17, 15) is 0 Å². The van der Waals surface area contributed by atoms with Crippen LogP contribution in [0, 0.1) is 0 Å². The fourth-order valence-corrected chi connectivity index (χ4v) is 2.36. The zero-order valence-corrected chi connectivity index (χ0v) is 18.8. The maximum atomic E-state index is 5.88. The molecule has 0 aliphatic carbocycles. The summed E-state index contributed by atoms with van der Waals surface area (Å²) in [7, 11) is 0. The molecule has 0 heterocycles. The third kappa shape index (κ3) is 12.5. The van der Waals surface area contributed by atoms with E-state index in [1.54, 1.807) is 0 Å². The first-order chi connectivity index (χ1) is 12.3. The summed E-state index contributed by atoms with van der Waals surface area (Å²) in [6, 6.07) is 10.3. The number of aliphatic imine (C=N–C) groups is 1. The molecule has 5 nitrogen and oxygen atoms in total. The summed E-state index contributed by atoms with van der Waals surface area (Å²) in [6.45, 7) is 11.1. The maximum absolute atomic E-state index is 5.88. The van der Waals surface area contributed by atoms with Gasteiger partial charge in [-0.3, -0.25) is 4.99 Å². The van der Waals surface area contributed by atoms with E-state index in [0.717, 1.165) is 58.1 Å². The normalized spacial score (nSPS) is 12.3. The minimum Gasteiger partial charge on any atom is -0.382 e. The van der Waals surface area contributed by atoms with E-state index in [-0.39, 0.29) is 30.1 Å². The number of unbranched alkanes of at least 4 members (excludes halogenated alkanes) is 1. The fourth-order valence-electron chi connectivity index (χ4n) is 2.36. The zero-order valence-electron chi connectivity index (χ0n) is 16.5. The van der Waals surface area contributed by atoms with Crippen molar-refractivity contribution in [3.8, 4) is 0 Å². The summed E-state index contributed by atoms with van der Waals surface area (Å²) in [5.41, 5.74) is 1.22. The van der Waals surface area contributed by atoms with E-state index in [2.05, 4.69) is 41.6 Å². The first kappa shape index (κ1) is 25.1. The lowest BCUT2D eigenvalue weighted by atomic mass is 10.1. The van der Waals surface area contributed by atoms with Crippen LogP contribution in [-0.4, -0.2) is 45.4 Å². The molecular weight excluding hydrogens is 441 g/mol. The van der Waals surface area contributed by atoms with E-state index in [1.165, 1.54) is 5.56 Å². The van der Waals surface area contributed by atoms with Crippen molar-refractivity contribution in [3.05, 3.63) is 35.9 Å². The highest BCUT2D eigenvalue weighted by Crippen LogP contribution is 2.15. The number of hydrogen-bond acceptors (Lipinski definition) is 3. The zero-order chi connectivity index (χ0) is 18.2. The van der Waals surface area contributed by atoms with E-state index in [0.29, 0.717) is 6.61 Å². The van der Waals surface area contributed by atoms with Gasteiger partial charge in [-0.2, -0.15) is 0 Å². The summed E-state index contributed by atoms with van der Waals surface area (Å²) < 4.78 is 11.2. The van der Waals surface area contributed by atoms with Gasteiger partial charge in [0, 0.05) is 39.5 Å². The Labute approximate surface area is 176 Å². The Balaban J connectivity index is 0.00000625. The molecule has 0 amide bonds. The standard InChI is InChI=1S/C20H35N3O2.HI/c1-4-21-20(22-14-9-10-16-24-5-2)23-15-11-17-25-18(3)19-12-7-6-8-13-19;/h6-8,12-13,18H,4-5,9-11,14-17H2,1-3H3,(H2,21,22,23);1H. The Morgan fingerprint density at radius 2 is 1.81 bits per heavy atom. The van der Waals surface area contributed by atoms with Crippen molar-refractivity contribution in [2.45, 2.75) is 46.1 Å². The molecule has 1 rings (SSSR count). The molecule has 6 heteroatoms. The molecule has 0 bridgehead atoms. The summed E-state index contributed by atoms with van der Waals surface area (Å²) in [5.74, 6) is 0.884. The third-order valence-electron chi connectivity index (χ3n) is 3.77. The highest BCUT2D eigenvalue weighted by atomic mass is 127. The Hall–Kier alpha value is -0.860. The Morgan fingerprint density at radius 1 is 1.04 bits per heavy atom. The van der Waals surface area contributed by atoms with Crippen LogP contribution in [0.25, 0.3) is 0 Å². The fraction of sp³-hybridized carbons (Fsp3) is 0.650. The van der Waals surface area contributed by atoms with Gasteiger partial charge in [0.1, 0.15) is 0 Å². The Kier molecular flexibility index (Phi) is 17.0. The number of hydrogen-bond donors (Lipinski definition) is 2. The van der Waals surface area contributed by atoms with E-state index in [1.807, 2.05) is 25.1 Å². The molecule has 0 saturated heterocycles. The van der Waals surface area contributed by atoms with Gasteiger partial charge in [0.25, 0.3) is 0 Å². The van der Waals surface area contributed by atoms with Crippen LogP contribution in [-0.2, 0) is 9.47 Å². The minimum atomic E-state index is 0. The summed E-state index contributed by atoms with van der Waals surface area (Å²) in [5, 5.41) is 6.64. The largest absolute Gasteiger partial charge is 0.382 e. The molecule has 1 aromatic rings. The lowest BCUT2D eigenvalue weighted by Crippen LogP contribution is -2.38. The molecule has 2 N–H and O–H groups in total. The van der Waals surface area contributed by atoms with Crippen LogP contribution in [0.2, 0.25) is 0 Å². The molecule has 0 saturated carbocycles. The molecular formula is C20H36IN3O2. The molecule has 0 fully saturated rings. The van der Waals surface area contributed by atoms with E-state index < -0.39 is 0 Å². The first-order valence-electron chi connectivity index (χ1n) is 9.54. The van der Waals surface area contributed by atoms with Crippen molar-refractivity contribution in [2.24, 2.45) is 4.99 Å². The summed E-state index contributed by atoms with van der Waals surface area (Å²) >= 11 is 0. The average Bonchev–Trinajstić information content (AvgIpc) is 2.64. The number of nitrogens with zero attached hydrogens (tertiary/aromatic N) is 1. The summed E-state index contributed by atoms with van der Waals surface area (Å²) in [6.07, 6.45) is 3.20. The van der Waals surface area contributed by atoms with Gasteiger partial charge in [-0.25, -0.2) is 0 Å². The van der Waals surface area contributed by atoms with Crippen molar-refractivity contribution in [1.29, 1.82) is 0 Å². The lowest BCUT2D eigenvalue weighted by Gasteiger charge is -2.13. The molecule has 26 heavy (non-hydrogen) atoms. The third-order valence-corrected chi connectivity index (χ3v) is 3.77. The van der Waals surface area contributed by atoms with Crippen LogP contribution in [0.1, 0.15) is 51.7 Å². The van der Waals surface area contributed by atoms with Crippen LogP contribution in [0.4, 0.5) is 0 Å². The van der Waals surface area contributed by atoms with Crippen molar-refractivity contribution < 1.29 is 9.47 Å². The minimum absolute atomic E-state index is 0. The predicted molar refractivity (Wildman–Crippen MR) is 121 cm³/mol. The van der Waals surface area contributed by atoms with Crippen LogP contribution < -0.4 is 10.6 Å². The number of ether oxygens (including phenoxy) is 2. The highest BCUT2D eigenvalue weighted by molar-refractivity contribution is 14.0. The average molecular weight is 477 g/mol. The molecule has 0 radical (unpaired) electrons. The molecule has 1 unspecified atom stereocenters. The second-order valence-corrected chi connectivity index (χ2v) is 5.87. The summed E-state index contributed by atoms with van der Waals surface area (Å²) in [4.78, 5) is 4.60. The second kappa shape index (κ2) is 17.5. The number of benzene rings is 1. The van der Waals surface area contributed by atoms with Gasteiger partial charge in [0.05, 0.1) is 6.10 Å². The lowest BCUT2D eigenvalue weighted by molar-refractivity contribution is 0.0652. The van der Waals surface area contributed by atoms with Gasteiger partial charge in [-0.05, 0) is 45.6 Å². The van der Waals surface area contributed by atoms with Crippen molar-refractivity contribution in [3.63, 3.8) is 0 Å². The molecule has 150 valence electrons. The van der Waals surface area contributed by atoms with Gasteiger partial charge >= 0.3 is 0 Å². The first-order valence-corrected chi connectivity index (χ1v) is 9.54.